The number of hydrogen-bond donors (Lipinski definition) is 0. The Kier molecular flexibility index (Phi) is 3.23. The van der Waals surface area contributed by atoms with Crippen molar-refractivity contribution >= 4 is 18.5 Å². The smallest absolute Gasteiger partial charge is 0.156 e. The van der Waals surface area contributed by atoms with Crippen molar-refractivity contribution in [3.8, 4) is 0 Å². The Hall–Kier alpha value is -0.0131. The SMILES string of the molecule is C=C[Si](Cl)(C=C)C(C)C. The highest BCUT2D eigenvalue weighted by molar-refractivity contribution is 7.26. The summed E-state index contributed by atoms with van der Waals surface area (Å²) in [5.74, 6) is 0. The first kappa shape index (κ1) is 8.99. The van der Waals surface area contributed by atoms with Crippen molar-refractivity contribution in [3.63, 3.8) is 0 Å². The number of rotatable bonds is 3. The van der Waals surface area contributed by atoms with Gasteiger partial charge in [0.2, 0.25) is 7.38 Å². The molecule has 0 aliphatic rings. The van der Waals surface area contributed by atoms with Crippen molar-refractivity contribution in [1.82, 2.24) is 0 Å². The van der Waals surface area contributed by atoms with Gasteiger partial charge in [-0.05, 0) is 5.54 Å². The fourth-order valence-electron chi connectivity index (χ4n) is 0.555. The summed E-state index contributed by atoms with van der Waals surface area (Å²) in [5, 5.41) is 0. The number of hydrogen-bond acceptors (Lipinski definition) is 0. The minimum Gasteiger partial charge on any atom is -0.156 e. The van der Waals surface area contributed by atoms with Gasteiger partial charge in [0.1, 0.15) is 0 Å². The molecule has 0 aliphatic heterocycles. The molecule has 0 unspecified atom stereocenters. The zero-order valence-electron chi connectivity index (χ0n) is 6.02. The van der Waals surface area contributed by atoms with Crippen LogP contribution in [0.4, 0.5) is 0 Å². The minimum absolute atomic E-state index is 0.495. The standard InChI is InChI=1S/C7H13ClSi/c1-5-9(8,6-2)7(3)4/h5-7H,1-2H2,3-4H3. The Morgan fingerprint density at radius 1 is 1.33 bits per heavy atom. The molecular weight excluding hydrogens is 148 g/mol. The van der Waals surface area contributed by atoms with Crippen LogP contribution in [-0.2, 0) is 0 Å². The van der Waals surface area contributed by atoms with Crippen molar-refractivity contribution < 1.29 is 0 Å². The predicted molar refractivity (Wildman–Crippen MR) is 47.1 cm³/mol. The highest BCUT2D eigenvalue weighted by atomic mass is 35.6. The second-order valence-electron chi connectivity index (χ2n) is 2.39. The maximum absolute atomic E-state index is 6.15. The van der Waals surface area contributed by atoms with E-state index >= 15 is 0 Å². The molecule has 0 aromatic rings. The average Bonchev–Trinajstić information content (AvgIpc) is 1.86. The van der Waals surface area contributed by atoms with Gasteiger partial charge in [0.15, 0.2) is 0 Å². The Morgan fingerprint density at radius 2 is 1.67 bits per heavy atom. The van der Waals surface area contributed by atoms with Crippen molar-refractivity contribution in [1.29, 1.82) is 0 Å². The first-order valence-electron chi connectivity index (χ1n) is 3.03. The van der Waals surface area contributed by atoms with Gasteiger partial charge in [0.25, 0.3) is 0 Å². The third-order valence-corrected chi connectivity index (χ3v) is 6.77. The molecule has 0 saturated heterocycles. The summed E-state index contributed by atoms with van der Waals surface area (Å²) in [6.45, 7) is 11.6. The Bertz CT molecular complexity index is 110. The second-order valence-corrected chi connectivity index (χ2v) is 7.98. The van der Waals surface area contributed by atoms with Crippen LogP contribution in [0.5, 0.6) is 0 Å². The summed E-state index contributed by atoms with van der Waals surface area (Å²) in [6, 6.07) is 0. The summed E-state index contributed by atoms with van der Waals surface area (Å²) >= 11 is 6.15. The molecule has 0 bridgehead atoms. The zero-order valence-corrected chi connectivity index (χ0v) is 7.78. The Labute approximate surface area is 62.9 Å². The van der Waals surface area contributed by atoms with Gasteiger partial charge in [-0.2, -0.15) is 11.1 Å². The Morgan fingerprint density at radius 3 is 1.67 bits per heavy atom. The van der Waals surface area contributed by atoms with Gasteiger partial charge in [0.05, 0.1) is 0 Å². The molecule has 0 nitrogen and oxygen atoms in total. The maximum Gasteiger partial charge on any atom is 0.204 e. The molecule has 0 aromatic heterocycles. The molecule has 0 atom stereocenters. The third-order valence-electron chi connectivity index (χ3n) is 1.51. The van der Waals surface area contributed by atoms with Crippen molar-refractivity contribution in [2.45, 2.75) is 19.4 Å². The fraction of sp³-hybridized carbons (Fsp3) is 0.429. The molecule has 0 amide bonds. The van der Waals surface area contributed by atoms with Gasteiger partial charge in [-0.3, -0.25) is 0 Å². The first-order valence-corrected chi connectivity index (χ1v) is 6.27. The van der Waals surface area contributed by atoms with Crippen LogP contribution in [0.15, 0.2) is 24.6 Å². The van der Waals surface area contributed by atoms with E-state index in [9.17, 15) is 0 Å². The van der Waals surface area contributed by atoms with E-state index in [2.05, 4.69) is 27.0 Å². The largest absolute Gasteiger partial charge is 0.204 e. The lowest BCUT2D eigenvalue weighted by Crippen LogP contribution is -2.25. The molecule has 0 heterocycles. The number of halogens is 1. The van der Waals surface area contributed by atoms with Crippen LogP contribution in [0.1, 0.15) is 13.8 Å². The average molecular weight is 161 g/mol. The summed E-state index contributed by atoms with van der Waals surface area (Å²) in [5.41, 5.74) is 4.20. The molecule has 0 N–H and O–H groups in total. The first-order chi connectivity index (χ1) is 4.06. The third kappa shape index (κ3) is 1.99. The van der Waals surface area contributed by atoms with E-state index in [4.69, 9.17) is 11.1 Å². The molecule has 0 spiro atoms. The summed E-state index contributed by atoms with van der Waals surface area (Å²) in [4.78, 5) is 0. The molecule has 2 heteroatoms. The van der Waals surface area contributed by atoms with Crippen LogP contribution < -0.4 is 0 Å². The quantitative estimate of drug-likeness (QED) is 0.440. The molecule has 0 radical (unpaired) electrons. The molecule has 52 valence electrons. The molecule has 0 aliphatic carbocycles. The van der Waals surface area contributed by atoms with E-state index in [0.29, 0.717) is 5.54 Å². The highest BCUT2D eigenvalue weighted by Crippen LogP contribution is 2.26. The summed E-state index contributed by atoms with van der Waals surface area (Å²) in [6.07, 6.45) is 0. The zero-order chi connectivity index (χ0) is 7.49. The topological polar surface area (TPSA) is 0 Å². The van der Waals surface area contributed by atoms with Crippen LogP contribution in [0.3, 0.4) is 0 Å². The molecule has 0 saturated carbocycles. The van der Waals surface area contributed by atoms with E-state index in [-0.39, 0.29) is 0 Å². The van der Waals surface area contributed by atoms with Crippen molar-refractivity contribution in [3.05, 3.63) is 24.6 Å². The highest BCUT2D eigenvalue weighted by Gasteiger charge is 2.26. The monoisotopic (exact) mass is 160 g/mol. The van der Waals surface area contributed by atoms with Gasteiger partial charge in [-0.1, -0.05) is 25.2 Å². The fourth-order valence-corrected chi connectivity index (χ4v) is 1.66. The van der Waals surface area contributed by atoms with Crippen LogP contribution >= 0.6 is 11.1 Å². The van der Waals surface area contributed by atoms with E-state index in [0.717, 1.165) is 0 Å². The van der Waals surface area contributed by atoms with E-state index < -0.39 is 7.38 Å². The lowest BCUT2D eigenvalue weighted by atomic mass is 10.6. The molecule has 0 rings (SSSR count). The summed E-state index contributed by atoms with van der Waals surface area (Å²) < 4.78 is 0. The lowest BCUT2D eigenvalue weighted by Gasteiger charge is -2.19. The van der Waals surface area contributed by atoms with Crippen LogP contribution in [0.25, 0.3) is 0 Å². The molecule has 9 heavy (non-hydrogen) atoms. The van der Waals surface area contributed by atoms with E-state index in [1.165, 1.54) is 0 Å². The van der Waals surface area contributed by atoms with E-state index in [1.54, 1.807) is 0 Å². The van der Waals surface area contributed by atoms with Crippen LogP contribution in [-0.4, -0.2) is 7.38 Å². The van der Waals surface area contributed by atoms with Crippen LogP contribution in [0.2, 0.25) is 5.54 Å². The van der Waals surface area contributed by atoms with Crippen molar-refractivity contribution in [2.24, 2.45) is 0 Å². The molecular formula is C7H13ClSi. The van der Waals surface area contributed by atoms with Gasteiger partial charge < -0.3 is 0 Å². The van der Waals surface area contributed by atoms with Gasteiger partial charge >= 0.3 is 0 Å². The Balaban J connectivity index is 4.26. The minimum atomic E-state index is -1.77. The second kappa shape index (κ2) is 3.23. The van der Waals surface area contributed by atoms with Gasteiger partial charge in [-0.15, -0.1) is 13.2 Å². The predicted octanol–water partition coefficient (Wildman–Crippen LogP) is 3.03. The van der Waals surface area contributed by atoms with Gasteiger partial charge in [0, 0.05) is 0 Å². The lowest BCUT2D eigenvalue weighted by molar-refractivity contribution is 1.05. The van der Waals surface area contributed by atoms with E-state index in [1.807, 2.05) is 11.4 Å². The van der Waals surface area contributed by atoms with Crippen molar-refractivity contribution in [2.75, 3.05) is 0 Å². The molecule has 0 aromatic carbocycles. The molecule has 0 fully saturated rings. The normalized spacial score (nSPS) is 11.6. The van der Waals surface area contributed by atoms with Crippen LogP contribution in [0, 0.1) is 0 Å². The van der Waals surface area contributed by atoms with Gasteiger partial charge in [-0.25, -0.2) is 0 Å². The maximum atomic E-state index is 6.15. The summed E-state index contributed by atoms with van der Waals surface area (Å²) in [7, 11) is -1.77.